The second kappa shape index (κ2) is 10.2. The van der Waals surface area contributed by atoms with Crippen LogP contribution in [0.2, 0.25) is 5.02 Å². The molecule has 0 spiro atoms. The first-order chi connectivity index (χ1) is 14.5. The Kier molecular flexibility index (Phi) is 7.61. The Hall–Kier alpha value is -2.52. The van der Waals surface area contributed by atoms with E-state index in [1.54, 1.807) is 18.2 Å². The fourth-order valence-electron chi connectivity index (χ4n) is 3.11. The van der Waals surface area contributed by atoms with Crippen LogP contribution < -0.4 is 11.1 Å². The van der Waals surface area contributed by atoms with Crippen LogP contribution in [0.25, 0.3) is 10.9 Å². The van der Waals surface area contributed by atoms with E-state index in [0.717, 1.165) is 33.8 Å². The van der Waals surface area contributed by atoms with Gasteiger partial charge in [0.05, 0.1) is 11.8 Å². The summed E-state index contributed by atoms with van der Waals surface area (Å²) in [5.41, 5.74) is 9.91. The van der Waals surface area contributed by atoms with Crippen LogP contribution in [0.15, 0.2) is 58.3 Å². The molecule has 31 heavy (non-hydrogen) atoms. The lowest BCUT2D eigenvalue weighted by atomic mass is 10.1. The summed E-state index contributed by atoms with van der Waals surface area (Å²) in [6.45, 7) is 1.85. The van der Waals surface area contributed by atoms with Gasteiger partial charge in [0, 0.05) is 27.8 Å². The number of aromatic nitrogens is 3. The van der Waals surface area contributed by atoms with Gasteiger partial charge in [-0.05, 0) is 42.7 Å². The summed E-state index contributed by atoms with van der Waals surface area (Å²) in [6.07, 6.45) is 2.50. The Morgan fingerprint density at radius 2 is 2.06 bits per heavy atom. The van der Waals surface area contributed by atoms with E-state index in [1.807, 2.05) is 37.4 Å². The maximum Gasteiger partial charge on any atom is 0.277 e. The third-order valence-electron chi connectivity index (χ3n) is 4.72. The molecule has 0 aliphatic heterocycles. The van der Waals surface area contributed by atoms with Crippen molar-refractivity contribution in [2.24, 2.45) is 5.73 Å². The number of nitrogens with zero attached hydrogens (tertiary/aromatic N) is 2. The highest BCUT2D eigenvalue weighted by Gasteiger charge is 2.18. The largest absolute Gasteiger partial charge is 0.414 e. The monoisotopic (exact) mass is 477 g/mol. The van der Waals surface area contributed by atoms with Gasteiger partial charge in [-0.25, -0.2) is 0 Å². The first kappa shape index (κ1) is 23.1. The van der Waals surface area contributed by atoms with Gasteiger partial charge >= 0.3 is 0 Å². The zero-order valence-electron chi connectivity index (χ0n) is 16.6. The van der Waals surface area contributed by atoms with E-state index in [0.29, 0.717) is 28.2 Å². The molecule has 0 aliphatic carbocycles. The number of para-hydroxylation sites is 1. The van der Waals surface area contributed by atoms with Crippen molar-refractivity contribution in [3.05, 3.63) is 70.7 Å². The third-order valence-corrected chi connectivity index (χ3v) is 5.95. The highest BCUT2D eigenvalue weighted by atomic mass is 35.5. The fourth-order valence-corrected chi connectivity index (χ4v) is 3.85. The van der Waals surface area contributed by atoms with Crippen LogP contribution >= 0.6 is 35.8 Å². The molecule has 0 fully saturated rings. The average Bonchev–Trinajstić information content (AvgIpc) is 3.38. The number of aromatic amines is 1. The summed E-state index contributed by atoms with van der Waals surface area (Å²) in [7, 11) is 0. The molecule has 1 amide bonds. The number of rotatable bonds is 7. The van der Waals surface area contributed by atoms with Crippen molar-refractivity contribution in [1.29, 1.82) is 0 Å². The molecular weight excluding hydrogens is 457 g/mol. The Morgan fingerprint density at radius 3 is 2.90 bits per heavy atom. The standard InChI is InChI=1S/C21H20ClN5O2S.ClH/c1-12-15(22)6-4-8-17(12)25-19(28)11-30-21-27-26-20(29-21)16(23)9-13-10-24-18-7-3-2-5-14(13)18;/h2-8,10,16,24H,9,11,23H2,1H3,(H,25,28);1H/t16-;/m0./s1. The molecule has 2 heterocycles. The summed E-state index contributed by atoms with van der Waals surface area (Å²) in [4.78, 5) is 15.5. The number of carbonyl (C=O) groups excluding carboxylic acids is 1. The molecule has 0 bridgehead atoms. The minimum absolute atomic E-state index is 0. The Bertz CT molecular complexity index is 1190. The molecule has 4 N–H and O–H groups in total. The van der Waals surface area contributed by atoms with Gasteiger partial charge < -0.3 is 20.5 Å². The molecule has 1 atom stereocenters. The van der Waals surface area contributed by atoms with E-state index in [2.05, 4.69) is 20.5 Å². The number of thioether (sulfide) groups is 1. The van der Waals surface area contributed by atoms with Crippen LogP contribution in [0.5, 0.6) is 0 Å². The first-order valence-corrected chi connectivity index (χ1v) is 10.7. The zero-order valence-corrected chi connectivity index (χ0v) is 19.0. The van der Waals surface area contributed by atoms with Crippen LogP contribution in [-0.2, 0) is 11.2 Å². The van der Waals surface area contributed by atoms with Gasteiger partial charge in [-0.15, -0.1) is 22.6 Å². The maximum atomic E-state index is 12.2. The minimum atomic E-state index is -0.436. The first-order valence-electron chi connectivity index (χ1n) is 9.33. The molecule has 4 rings (SSSR count). The number of nitrogens with one attached hydrogen (secondary N) is 2. The zero-order chi connectivity index (χ0) is 21.1. The van der Waals surface area contributed by atoms with Gasteiger partial charge in [-0.2, -0.15) is 0 Å². The van der Waals surface area contributed by atoms with Crippen LogP contribution in [-0.4, -0.2) is 26.8 Å². The molecule has 0 saturated heterocycles. The third kappa shape index (κ3) is 5.40. The predicted molar refractivity (Wildman–Crippen MR) is 126 cm³/mol. The number of carbonyl (C=O) groups is 1. The fraction of sp³-hybridized carbons (Fsp3) is 0.190. The van der Waals surface area contributed by atoms with E-state index < -0.39 is 6.04 Å². The van der Waals surface area contributed by atoms with Crippen LogP contribution in [0.1, 0.15) is 23.1 Å². The van der Waals surface area contributed by atoms with Gasteiger partial charge in [0.1, 0.15) is 0 Å². The summed E-state index contributed by atoms with van der Waals surface area (Å²) in [5.74, 6) is 0.285. The van der Waals surface area contributed by atoms with Gasteiger partial charge in [0.15, 0.2) is 0 Å². The number of nitrogens with two attached hydrogens (primary N) is 1. The van der Waals surface area contributed by atoms with E-state index in [4.69, 9.17) is 21.8 Å². The van der Waals surface area contributed by atoms with Crippen molar-refractivity contribution in [1.82, 2.24) is 15.2 Å². The highest BCUT2D eigenvalue weighted by molar-refractivity contribution is 7.99. The SMILES string of the molecule is Cc1c(Cl)cccc1NC(=O)CSc1nnc([C@@H](N)Cc2c[nH]c3ccccc23)o1.Cl. The minimum Gasteiger partial charge on any atom is -0.414 e. The lowest BCUT2D eigenvalue weighted by Crippen LogP contribution is -2.14. The molecule has 2 aromatic heterocycles. The normalized spacial score (nSPS) is 11.8. The summed E-state index contributed by atoms with van der Waals surface area (Å²) in [6, 6.07) is 13.0. The van der Waals surface area contributed by atoms with E-state index >= 15 is 0 Å². The van der Waals surface area contributed by atoms with E-state index in [-0.39, 0.29) is 24.1 Å². The Labute approximate surface area is 194 Å². The number of anilines is 1. The molecule has 162 valence electrons. The number of halogens is 2. The maximum absolute atomic E-state index is 12.2. The molecular formula is C21H21Cl2N5O2S. The smallest absolute Gasteiger partial charge is 0.277 e. The van der Waals surface area contributed by atoms with Gasteiger partial charge in [-0.1, -0.05) is 47.6 Å². The van der Waals surface area contributed by atoms with E-state index in [1.165, 1.54) is 0 Å². The quantitative estimate of drug-likeness (QED) is 0.326. The number of hydrogen-bond donors (Lipinski definition) is 3. The number of amides is 1. The second-order valence-corrected chi connectivity index (χ2v) is 8.16. The number of hydrogen-bond acceptors (Lipinski definition) is 6. The van der Waals surface area contributed by atoms with Crippen molar-refractivity contribution in [2.45, 2.75) is 24.6 Å². The van der Waals surface area contributed by atoms with Crippen LogP contribution in [0.4, 0.5) is 5.69 Å². The van der Waals surface area contributed by atoms with Gasteiger partial charge in [0.25, 0.3) is 5.22 Å². The lowest BCUT2D eigenvalue weighted by molar-refractivity contribution is -0.113. The molecule has 0 aliphatic rings. The van der Waals surface area contributed by atoms with Crippen LogP contribution in [0.3, 0.4) is 0 Å². The average molecular weight is 478 g/mol. The summed E-state index contributed by atoms with van der Waals surface area (Å²) < 4.78 is 5.65. The van der Waals surface area contributed by atoms with Crippen molar-refractivity contribution in [2.75, 3.05) is 11.1 Å². The predicted octanol–water partition coefficient (Wildman–Crippen LogP) is 4.91. The molecule has 4 aromatic rings. The van der Waals surface area contributed by atoms with Crippen molar-refractivity contribution < 1.29 is 9.21 Å². The molecule has 0 unspecified atom stereocenters. The number of fused-ring (bicyclic) bond motifs is 1. The van der Waals surface area contributed by atoms with Crippen molar-refractivity contribution in [3.63, 3.8) is 0 Å². The van der Waals surface area contributed by atoms with Crippen molar-refractivity contribution >= 4 is 58.3 Å². The highest BCUT2D eigenvalue weighted by Crippen LogP contribution is 2.26. The molecule has 10 heteroatoms. The Morgan fingerprint density at radius 1 is 1.26 bits per heavy atom. The van der Waals surface area contributed by atoms with Crippen molar-refractivity contribution in [3.8, 4) is 0 Å². The van der Waals surface area contributed by atoms with Gasteiger partial charge in [0.2, 0.25) is 11.8 Å². The molecule has 0 saturated carbocycles. The number of benzene rings is 2. The van der Waals surface area contributed by atoms with E-state index in [9.17, 15) is 4.79 Å². The summed E-state index contributed by atoms with van der Waals surface area (Å²) in [5, 5.41) is 12.9. The second-order valence-electron chi connectivity index (χ2n) is 6.83. The number of H-pyrrole nitrogens is 1. The topological polar surface area (TPSA) is 110 Å². The van der Waals surface area contributed by atoms with Gasteiger partial charge in [-0.3, -0.25) is 4.79 Å². The van der Waals surface area contributed by atoms with Crippen LogP contribution in [0, 0.1) is 6.92 Å². The Balaban J connectivity index is 0.00000272. The molecule has 7 nitrogen and oxygen atoms in total. The lowest BCUT2D eigenvalue weighted by Gasteiger charge is -2.08. The summed E-state index contributed by atoms with van der Waals surface area (Å²) >= 11 is 7.24. The molecule has 0 radical (unpaired) electrons. The molecule has 2 aromatic carbocycles.